The maximum Gasteiger partial charge on any atom is 0.316 e. The van der Waals surface area contributed by atoms with Crippen LogP contribution in [-0.2, 0) is 9.53 Å². The van der Waals surface area contributed by atoms with Crippen LogP contribution in [-0.4, -0.2) is 35.2 Å². The van der Waals surface area contributed by atoms with Crippen molar-refractivity contribution in [2.75, 3.05) is 12.3 Å². The lowest BCUT2D eigenvalue weighted by Crippen LogP contribution is -2.51. The molecule has 1 aliphatic carbocycles. The predicted octanol–water partition coefficient (Wildman–Crippen LogP) is 3.62. The summed E-state index contributed by atoms with van der Waals surface area (Å²) < 4.78 is 5.40. The Morgan fingerprint density at radius 2 is 2.05 bits per heavy atom. The average Bonchev–Trinajstić information content (AvgIpc) is 2.27. The molecule has 118 valence electrons. The maximum absolute atomic E-state index is 11.9. The fourth-order valence-electron chi connectivity index (χ4n) is 2.94. The van der Waals surface area contributed by atoms with E-state index < -0.39 is 0 Å². The fraction of sp³-hybridized carbons (Fsp3) is 0.938. The smallest absolute Gasteiger partial charge is 0.316 e. The lowest BCUT2D eigenvalue weighted by Gasteiger charge is -2.44. The van der Waals surface area contributed by atoms with Crippen LogP contribution >= 0.6 is 11.8 Å². The van der Waals surface area contributed by atoms with Crippen molar-refractivity contribution in [3.8, 4) is 0 Å². The first-order valence-electron chi connectivity index (χ1n) is 7.72. The van der Waals surface area contributed by atoms with E-state index in [0.717, 1.165) is 6.54 Å². The molecular weight excluding hydrogens is 270 g/mol. The Morgan fingerprint density at radius 1 is 1.40 bits per heavy atom. The second-order valence-corrected chi connectivity index (χ2v) is 8.58. The van der Waals surface area contributed by atoms with Crippen molar-refractivity contribution in [3.63, 3.8) is 0 Å². The van der Waals surface area contributed by atoms with Crippen LogP contribution in [0.25, 0.3) is 0 Å². The third kappa shape index (κ3) is 5.65. The summed E-state index contributed by atoms with van der Waals surface area (Å²) in [6, 6.07) is 0.480. The molecule has 20 heavy (non-hydrogen) atoms. The molecule has 0 aliphatic heterocycles. The highest BCUT2D eigenvalue weighted by atomic mass is 32.2. The molecule has 3 nitrogen and oxygen atoms in total. The molecular formula is C16H31NO2S. The number of nitrogens with one attached hydrogen (secondary N) is 1. The molecule has 0 aromatic heterocycles. The molecule has 1 rings (SSSR count). The largest absolute Gasteiger partial charge is 0.459 e. The summed E-state index contributed by atoms with van der Waals surface area (Å²) in [5.41, 5.74) is -0.0790. The molecule has 0 amide bonds. The van der Waals surface area contributed by atoms with Crippen LogP contribution in [0.15, 0.2) is 0 Å². The van der Waals surface area contributed by atoms with Gasteiger partial charge in [-0.05, 0) is 45.6 Å². The lowest BCUT2D eigenvalue weighted by molar-refractivity contribution is -0.151. The first kappa shape index (κ1) is 17.8. The number of rotatable bonds is 5. The molecule has 0 heterocycles. The number of ether oxygens (including phenoxy) is 1. The molecule has 2 unspecified atom stereocenters. The maximum atomic E-state index is 11.9. The van der Waals surface area contributed by atoms with Crippen molar-refractivity contribution < 1.29 is 9.53 Å². The van der Waals surface area contributed by atoms with Crippen molar-refractivity contribution in [2.45, 2.75) is 77.7 Å². The Labute approximate surface area is 128 Å². The molecule has 1 saturated carbocycles. The molecule has 1 N–H and O–H groups in total. The van der Waals surface area contributed by atoms with Crippen LogP contribution in [0.4, 0.5) is 0 Å². The minimum absolute atomic E-state index is 0.0962. The molecule has 0 radical (unpaired) electrons. The number of hydrogen-bond acceptors (Lipinski definition) is 4. The van der Waals surface area contributed by atoms with Gasteiger partial charge >= 0.3 is 5.97 Å². The van der Waals surface area contributed by atoms with E-state index in [1.165, 1.54) is 19.3 Å². The van der Waals surface area contributed by atoms with Gasteiger partial charge in [0.2, 0.25) is 0 Å². The van der Waals surface area contributed by atoms with Crippen LogP contribution in [0.5, 0.6) is 0 Å². The number of thioether (sulfide) groups is 1. The van der Waals surface area contributed by atoms with E-state index in [1.54, 1.807) is 11.8 Å². The predicted molar refractivity (Wildman–Crippen MR) is 87.2 cm³/mol. The van der Waals surface area contributed by atoms with Gasteiger partial charge in [0.15, 0.2) is 0 Å². The Bertz CT molecular complexity index is 323. The second-order valence-electron chi connectivity index (χ2n) is 7.35. The Kier molecular flexibility index (Phi) is 6.39. The minimum Gasteiger partial charge on any atom is -0.459 e. The van der Waals surface area contributed by atoms with E-state index in [9.17, 15) is 4.79 Å². The van der Waals surface area contributed by atoms with Crippen LogP contribution in [0, 0.1) is 5.41 Å². The van der Waals surface area contributed by atoms with Crippen molar-refractivity contribution >= 4 is 17.7 Å². The number of carbonyl (C=O) groups is 1. The summed E-state index contributed by atoms with van der Waals surface area (Å²) in [4.78, 5) is 11.9. The van der Waals surface area contributed by atoms with Gasteiger partial charge in [0.05, 0.1) is 5.75 Å². The van der Waals surface area contributed by atoms with Crippen molar-refractivity contribution in [1.82, 2.24) is 5.32 Å². The Balaban J connectivity index is 2.54. The quantitative estimate of drug-likeness (QED) is 0.787. The monoisotopic (exact) mass is 301 g/mol. The number of carbonyl (C=O) groups excluding carboxylic acids is 1. The van der Waals surface area contributed by atoms with Crippen molar-refractivity contribution in [2.24, 2.45) is 5.41 Å². The number of esters is 1. The summed E-state index contributed by atoms with van der Waals surface area (Å²) >= 11 is 1.76. The van der Waals surface area contributed by atoms with Gasteiger partial charge in [-0.25, -0.2) is 0 Å². The molecule has 0 aromatic rings. The van der Waals surface area contributed by atoms with E-state index in [2.05, 4.69) is 26.1 Å². The molecule has 1 fully saturated rings. The van der Waals surface area contributed by atoms with E-state index in [0.29, 0.717) is 22.5 Å². The molecule has 4 heteroatoms. The Morgan fingerprint density at radius 3 is 2.60 bits per heavy atom. The molecule has 0 aromatic carbocycles. The molecule has 2 atom stereocenters. The third-order valence-corrected chi connectivity index (χ3v) is 5.12. The van der Waals surface area contributed by atoms with Gasteiger partial charge in [-0.15, -0.1) is 11.8 Å². The van der Waals surface area contributed by atoms with E-state index in [-0.39, 0.29) is 11.6 Å². The molecule has 0 saturated heterocycles. The van der Waals surface area contributed by atoms with Gasteiger partial charge < -0.3 is 10.1 Å². The van der Waals surface area contributed by atoms with E-state index >= 15 is 0 Å². The molecule has 0 bridgehead atoms. The SMILES string of the molecule is CCNC1C(SCC(=O)OC(C)(C)C)CCCC1(C)C. The summed E-state index contributed by atoms with van der Waals surface area (Å²) in [6.45, 7) is 13.6. The summed E-state index contributed by atoms with van der Waals surface area (Å²) in [7, 11) is 0. The molecule has 1 aliphatic rings. The zero-order valence-electron chi connectivity index (χ0n) is 13.9. The van der Waals surface area contributed by atoms with Gasteiger partial charge in [0.25, 0.3) is 0 Å². The minimum atomic E-state index is -0.384. The topological polar surface area (TPSA) is 38.3 Å². The first-order chi connectivity index (χ1) is 9.15. The fourth-order valence-corrected chi connectivity index (χ4v) is 4.34. The van der Waals surface area contributed by atoms with Crippen molar-refractivity contribution in [3.05, 3.63) is 0 Å². The van der Waals surface area contributed by atoms with Crippen molar-refractivity contribution in [1.29, 1.82) is 0 Å². The first-order valence-corrected chi connectivity index (χ1v) is 8.77. The van der Waals surface area contributed by atoms with E-state index in [1.807, 2.05) is 20.8 Å². The Hall–Kier alpha value is -0.220. The summed E-state index contributed by atoms with van der Waals surface area (Å²) in [5.74, 6) is 0.362. The van der Waals surface area contributed by atoms with Gasteiger partial charge in [0, 0.05) is 11.3 Å². The van der Waals surface area contributed by atoms with Gasteiger partial charge in [-0.2, -0.15) is 0 Å². The van der Waals surface area contributed by atoms with E-state index in [4.69, 9.17) is 4.74 Å². The molecule has 0 spiro atoms. The van der Waals surface area contributed by atoms with Gasteiger partial charge in [-0.1, -0.05) is 27.2 Å². The van der Waals surface area contributed by atoms with Gasteiger partial charge in [0.1, 0.15) is 5.60 Å². The average molecular weight is 301 g/mol. The highest BCUT2D eigenvalue weighted by Gasteiger charge is 2.38. The second kappa shape index (κ2) is 7.17. The standard InChI is InChI=1S/C16H31NO2S/c1-7-17-14-12(9-8-10-16(14,5)6)20-11-13(18)19-15(2,3)4/h12,14,17H,7-11H2,1-6H3. The summed E-state index contributed by atoms with van der Waals surface area (Å²) in [5, 5.41) is 4.13. The van der Waals surface area contributed by atoms with Crippen LogP contribution in [0.2, 0.25) is 0 Å². The number of hydrogen-bond donors (Lipinski definition) is 1. The van der Waals surface area contributed by atoms with Gasteiger partial charge in [-0.3, -0.25) is 4.79 Å². The highest BCUT2D eigenvalue weighted by Crippen LogP contribution is 2.40. The van der Waals surface area contributed by atoms with Crippen LogP contribution in [0.3, 0.4) is 0 Å². The lowest BCUT2D eigenvalue weighted by atomic mass is 9.73. The zero-order chi connectivity index (χ0) is 15.4. The van der Waals surface area contributed by atoms with Crippen LogP contribution in [0.1, 0.15) is 60.8 Å². The third-order valence-electron chi connectivity index (χ3n) is 3.78. The zero-order valence-corrected chi connectivity index (χ0v) is 14.7. The normalized spacial score (nSPS) is 26.3. The highest BCUT2D eigenvalue weighted by molar-refractivity contribution is 8.00. The summed E-state index contributed by atoms with van der Waals surface area (Å²) in [6.07, 6.45) is 3.70. The van der Waals surface area contributed by atoms with Crippen LogP contribution < -0.4 is 5.32 Å².